The van der Waals surface area contributed by atoms with Crippen LogP contribution < -0.4 is 5.32 Å². The molecule has 2 aliphatic carbocycles. The molecule has 0 aromatic heterocycles. The van der Waals surface area contributed by atoms with E-state index in [2.05, 4.69) is 26.1 Å². The minimum Gasteiger partial charge on any atom is -0.350 e. The highest BCUT2D eigenvalue weighted by atomic mass is 16.2. The van der Waals surface area contributed by atoms with Crippen LogP contribution in [-0.4, -0.2) is 11.4 Å². The van der Waals surface area contributed by atoms with Gasteiger partial charge in [0.2, 0.25) is 5.91 Å². The number of hydrogen-bond donors (Lipinski definition) is 1. The van der Waals surface area contributed by atoms with Crippen molar-refractivity contribution in [2.45, 2.75) is 39.2 Å². The highest BCUT2D eigenvalue weighted by Gasteiger charge is 2.68. The van der Waals surface area contributed by atoms with E-state index in [-0.39, 0.29) is 5.54 Å². The zero-order chi connectivity index (χ0) is 9.43. The quantitative estimate of drug-likeness (QED) is 0.562. The van der Waals surface area contributed by atoms with E-state index >= 15 is 0 Å². The molecule has 2 saturated carbocycles. The molecule has 0 radical (unpaired) electrons. The molecule has 1 saturated heterocycles. The van der Waals surface area contributed by atoms with Crippen LogP contribution in [0.1, 0.15) is 33.6 Å². The number of hydrogen-bond acceptors (Lipinski definition) is 1. The number of β-lactam (4-membered cyclic amide) rings is 1. The van der Waals surface area contributed by atoms with Gasteiger partial charge in [0.25, 0.3) is 0 Å². The predicted octanol–water partition coefficient (Wildman–Crippen LogP) is 1.56. The van der Waals surface area contributed by atoms with Crippen LogP contribution in [0.5, 0.6) is 0 Å². The van der Waals surface area contributed by atoms with Gasteiger partial charge in [0, 0.05) is 5.54 Å². The molecule has 1 amide bonds. The Morgan fingerprint density at radius 2 is 2.00 bits per heavy atom. The first-order valence-electron chi connectivity index (χ1n) is 5.27. The van der Waals surface area contributed by atoms with Crippen molar-refractivity contribution in [1.82, 2.24) is 5.32 Å². The van der Waals surface area contributed by atoms with Gasteiger partial charge < -0.3 is 5.32 Å². The molecule has 2 nitrogen and oxygen atoms in total. The van der Waals surface area contributed by atoms with Crippen molar-refractivity contribution in [2.75, 3.05) is 0 Å². The van der Waals surface area contributed by atoms with Gasteiger partial charge in [0.15, 0.2) is 0 Å². The molecule has 1 N–H and O–H groups in total. The molecule has 1 heterocycles. The van der Waals surface area contributed by atoms with Crippen LogP contribution in [0.4, 0.5) is 0 Å². The van der Waals surface area contributed by atoms with E-state index in [1.54, 1.807) is 0 Å². The van der Waals surface area contributed by atoms with Gasteiger partial charge >= 0.3 is 0 Å². The van der Waals surface area contributed by atoms with Crippen molar-refractivity contribution < 1.29 is 4.79 Å². The van der Waals surface area contributed by atoms with E-state index in [0.29, 0.717) is 17.2 Å². The maximum absolute atomic E-state index is 11.3. The highest BCUT2D eigenvalue weighted by Crippen LogP contribution is 2.68. The molecule has 0 spiro atoms. The highest BCUT2D eigenvalue weighted by molar-refractivity contribution is 5.88. The fraction of sp³-hybridized carbons (Fsp3) is 0.909. The average molecular weight is 179 g/mol. The van der Waals surface area contributed by atoms with E-state index in [0.717, 1.165) is 18.3 Å². The molecule has 3 aliphatic rings. The normalized spacial score (nSPS) is 55.6. The maximum atomic E-state index is 11.3. The average Bonchev–Trinajstić information content (AvgIpc) is 2.50. The molecule has 72 valence electrons. The summed E-state index contributed by atoms with van der Waals surface area (Å²) in [5.74, 6) is 2.32. The summed E-state index contributed by atoms with van der Waals surface area (Å²) in [6, 6.07) is 0. The summed E-state index contributed by atoms with van der Waals surface area (Å²) in [4.78, 5) is 11.3. The van der Waals surface area contributed by atoms with E-state index in [9.17, 15) is 4.79 Å². The second kappa shape index (κ2) is 1.79. The Morgan fingerprint density at radius 1 is 1.31 bits per heavy atom. The van der Waals surface area contributed by atoms with Gasteiger partial charge in [0.05, 0.1) is 5.92 Å². The van der Waals surface area contributed by atoms with Crippen LogP contribution in [0.2, 0.25) is 0 Å². The zero-order valence-corrected chi connectivity index (χ0v) is 8.55. The van der Waals surface area contributed by atoms with Crippen LogP contribution in [0.3, 0.4) is 0 Å². The SMILES string of the molecule is CC1(C)C2C[C@H]3C(=O)N[C@@]3(C)CC21. The van der Waals surface area contributed by atoms with Crippen molar-refractivity contribution >= 4 is 5.91 Å². The van der Waals surface area contributed by atoms with Gasteiger partial charge in [0.1, 0.15) is 0 Å². The molecule has 13 heavy (non-hydrogen) atoms. The minimum absolute atomic E-state index is 0.159. The topological polar surface area (TPSA) is 29.1 Å². The van der Waals surface area contributed by atoms with Gasteiger partial charge in [-0.3, -0.25) is 4.79 Å². The Balaban J connectivity index is 1.87. The van der Waals surface area contributed by atoms with Gasteiger partial charge in [-0.05, 0) is 37.0 Å². The third-order valence-corrected chi connectivity index (χ3v) is 4.92. The molecule has 0 aromatic rings. The third kappa shape index (κ3) is 0.733. The lowest BCUT2D eigenvalue weighted by molar-refractivity contribution is -0.143. The molecule has 0 aromatic carbocycles. The molecule has 3 fully saturated rings. The summed E-state index contributed by atoms with van der Waals surface area (Å²) in [7, 11) is 0. The lowest BCUT2D eigenvalue weighted by Crippen LogP contribution is -2.68. The Kier molecular flexibility index (Phi) is 1.08. The van der Waals surface area contributed by atoms with Crippen LogP contribution in [0.15, 0.2) is 0 Å². The smallest absolute Gasteiger partial charge is 0.225 e. The first-order valence-corrected chi connectivity index (χ1v) is 5.27. The number of amides is 1. The van der Waals surface area contributed by atoms with Gasteiger partial charge in [-0.1, -0.05) is 13.8 Å². The number of nitrogens with one attached hydrogen (secondary N) is 1. The van der Waals surface area contributed by atoms with Crippen molar-refractivity contribution in [3.8, 4) is 0 Å². The molecular formula is C11H17NO. The monoisotopic (exact) mass is 179 g/mol. The van der Waals surface area contributed by atoms with Gasteiger partial charge in [-0.15, -0.1) is 0 Å². The van der Waals surface area contributed by atoms with Crippen molar-refractivity contribution in [3.63, 3.8) is 0 Å². The molecule has 3 rings (SSSR count). The van der Waals surface area contributed by atoms with Crippen molar-refractivity contribution in [3.05, 3.63) is 0 Å². The predicted molar refractivity (Wildman–Crippen MR) is 50.0 cm³/mol. The van der Waals surface area contributed by atoms with Gasteiger partial charge in [-0.25, -0.2) is 0 Å². The number of fused-ring (bicyclic) bond motifs is 2. The Labute approximate surface area is 79.1 Å². The molecule has 2 heteroatoms. The third-order valence-electron chi connectivity index (χ3n) is 4.92. The molecular weight excluding hydrogens is 162 g/mol. The summed E-state index contributed by atoms with van der Waals surface area (Å²) in [6.07, 6.45) is 2.35. The van der Waals surface area contributed by atoms with Crippen LogP contribution >= 0.6 is 0 Å². The lowest BCUT2D eigenvalue weighted by atomic mass is 9.68. The minimum atomic E-state index is 0.159. The molecule has 0 bridgehead atoms. The summed E-state index contributed by atoms with van der Waals surface area (Å²) in [6.45, 7) is 6.91. The molecule has 2 unspecified atom stereocenters. The maximum Gasteiger partial charge on any atom is 0.225 e. The van der Waals surface area contributed by atoms with E-state index < -0.39 is 0 Å². The van der Waals surface area contributed by atoms with E-state index in [1.807, 2.05) is 0 Å². The number of carbonyl (C=O) groups excluding carboxylic acids is 1. The van der Waals surface area contributed by atoms with E-state index in [1.165, 1.54) is 6.42 Å². The summed E-state index contributed by atoms with van der Waals surface area (Å²) >= 11 is 0. The molecule has 1 aliphatic heterocycles. The standard InChI is InChI=1S/C11H17NO/c1-10(2)6-4-7-9(13)12-11(7,3)5-8(6)10/h6-8H,4-5H2,1-3H3,(H,12,13)/t6?,7-,8?,11-/m0/s1. The van der Waals surface area contributed by atoms with Crippen molar-refractivity contribution in [2.24, 2.45) is 23.2 Å². The summed E-state index contributed by atoms with van der Waals surface area (Å²) < 4.78 is 0. The molecule has 4 atom stereocenters. The Hall–Kier alpha value is -0.530. The van der Waals surface area contributed by atoms with E-state index in [4.69, 9.17) is 0 Å². The van der Waals surface area contributed by atoms with Gasteiger partial charge in [-0.2, -0.15) is 0 Å². The first-order chi connectivity index (χ1) is 5.95. The first kappa shape index (κ1) is 7.84. The Bertz CT molecular complexity index is 296. The number of rotatable bonds is 0. The second-order valence-electron chi connectivity index (χ2n) is 5.93. The Morgan fingerprint density at radius 3 is 2.62 bits per heavy atom. The zero-order valence-electron chi connectivity index (χ0n) is 8.55. The van der Waals surface area contributed by atoms with Crippen LogP contribution in [-0.2, 0) is 4.79 Å². The van der Waals surface area contributed by atoms with Crippen LogP contribution in [0.25, 0.3) is 0 Å². The lowest BCUT2D eigenvalue weighted by Gasteiger charge is -2.49. The summed E-state index contributed by atoms with van der Waals surface area (Å²) in [5, 5.41) is 3.08. The number of carbonyl (C=O) groups is 1. The van der Waals surface area contributed by atoms with Crippen molar-refractivity contribution in [1.29, 1.82) is 0 Å². The fourth-order valence-electron chi connectivity index (χ4n) is 3.67. The van der Waals surface area contributed by atoms with Crippen LogP contribution in [0, 0.1) is 23.2 Å². The summed E-state index contributed by atoms with van der Waals surface area (Å²) in [5.41, 5.74) is 0.675. The fourth-order valence-corrected chi connectivity index (χ4v) is 3.67. The largest absolute Gasteiger partial charge is 0.350 e. The second-order valence-corrected chi connectivity index (χ2v) is 5.93.